The molecular formula is C27H26N6O. The molecule has 3 aliphatic rings. The molecule has 0 saturated carbocycles. The summed E-state index contributed by atoms with van der Waals surface area (Å²) in [6, 6.07) is 18.0. The first-order chi connectivity index (χ1) is 16.6. The Labute approximate surface area is 198 Å². The summed E-state index contributed by atoms with van der Waals surface area (Å²) in [4.78, 5) is 24.6. The number of para-hydroxylation sites is 1. The monoisotopic (exact) mass is 450 g/mol. The SMILES string of the molecule is Cc1cccc(C(C)NC(=O)C2=C3Nc4ccccc4C34NCN(c3ccncc3)C4C=C2)n1. The largest absolute Gasteiger partial charge is 0.356 e. The van der Waals surface area contributed by atoms with Crippen LogP contribution in [0.1, 0.15) is 29.9 Å². The van der Waals surface area contributed by atoms with E-state index in [0.29, 0.717) is 12.2 Å². The van der Waals surface area contributed by atoms with Crippen molar-refractivity contribution in [3.63, 3.8) is 0 Å². The van der Waals surface area contributed by atoms with E-state index in [2.05, 4.69) is 55.1 Å². The molecular weight excluding hydrogens is 424 g/mol. The van der Waals surface area contributed by atoms with Gasteiger partial charge in [0.25, 0.3) is 5.91 Å². The number of pyridine rings is 2. The minimum Gasteiger partial charge on any atom is -0.356 e. The lowest BCUT2D eigenvalue weighted by atomic mass is 9.77. The first-order valence-electron chi connectivity index (χ1n) is 11.5. The van der Waals surface area contributed by atoms with E-state index in [0.717, 1.165) is 34.0 Å². The van der Waals surface area contributed by atoms with E-state index in [1.54, 1.807) is 0 Å². The number of hydrogen-bond donors (Lipinski definition) is 3. The number of aromatic nitrogens is 2. The molecule has 1 spiro atoms. The molecule has 7 nitrogen and oxygen atoms in total. The van der Waals surface area contributed by atoms with Crippen LogP contribution < -0.4 is 20.9 Å². The zero-order chi connectivity index (χ0) is 23.3. The molecule has 2 aromatic heterocycles. The second-order valence-corrected chi connectivity index (χ2v) is 8.98. The number of anilines is 2. The molecule has 3 N–H and O–H groups in total. The number of carbonyl (C=O) groups is 1. The first kappa shape index (κ1) is 20.6. The number of amides is 1. The Morgan fingerprint density at radius 2 is 1.97 bits per heavy atom. The van der Waals surface area contributed by atoms with Gasteiger partial charge in [0.2, 0.25) is 0 Å². The lowest BCUT2D eigenvalue weighted by molar-refractivity contribution is -0.117. The Kier molecular flexibility index (Phi) is 4.74. The number of aryl methyl sites for hydroxylation is 1. The third-order valence-corrected chi connectivity index (χ3v) is 6.97. The summed E-state index contributed by atoms with van der Waals surface area (Å²) in [5.74, 6) is -0.121. The number of benzene rings is 1. The van der Waals surface area contributed by atoms with Crippen LogP contribution in [0.3, 0.4) is 0 Å². The van der Waals surface area contributed by atoms with Crippen molar-refractivity contribution in [1.82, 2.24) is 20.6 Å². The van der Waals surface area contributed by atoms with Gasteiger partial charge in [-0.3, -0.25) is 20.1 Å². The highest BCUT2D eigenvalue weighted by Gasteiger charge is 2.57. The number of fused-ring (bicyclic) bond motifs is 1. The fourth-order valence-corrected chi connectivity index (χ4v) is 5.37. The van der Waals surface area contributed by atoms with E-state index in [1.165, 1.54) is 0 Å². The maximum atomic E-state index is 13.6. The van der Waals surface area contributed by atoms with Crippen molar-refractivity contribution >= 4 is 17.3 Å². The zero-order valence-electron chi connectivity index (χ0n) is 19.1. The van der Waals surface area contributed by atoms with Crippen molar-refractivity contribution in [2.75, 3.05) is 16.9 Å². The molecule has 2 aliphatic heterocycles. The van der Waals surface area contributed by atoms with Gasteiger partial charge in [0, 0.05) is 35.0 Å². The predicted molar refractivity (Wildman–Crippen MR) is 132 cm³/mol. The Balaban J connectivity index is 1.39. The third kappa shape index (κ3) is 3.04. The summed E-state index contributed by atoms with van der Waals surface area (Å²) in [5, 5.41) is 10.5. The maximum absolute atomic E-state index is 13.6. The van der Waals surface area contributed by atoms with Crippen molar-refractivity contribution in [3.8, 4) is 0 Å². The van der Waals surface area contributed by atoms with Gasteiger partial charge >= 0.3 is 0 Å². The molecule has 1 fully saturated rings. The predicted octanol–water partition coefficient (Wildman–Crippen LogP) is 3.54. The molecule has 3 aromatic rings. The molecule has 1 aromatic carbocycles. The molecule has 1 amide bonds. The van der Waals surface area contributed by atoms with Crippen LogP contribution >= 0.6 is 0 Å². The topological polar surface area (TPSA) is 82.2 Å². The van der Waals surface area contributed by atoms with Crippen molar-refractivity contribution in [1.29, 1.82) is 0 Å². The molecule has 4 heterocycles. The van der Waals surface area contributed by atoms with Crippen molar-refractivity contribution in [3.05, 3.63) is 107 Å². The highest BCUT2D eigenvalue weighted by atomic mass is 16.1. The normalized spacial score (nSPS) is 23.1. The third-order valence-electron chi connectivity index (χ3n) is 6.97. The molecule has 7 heteroatoms. The van der Waals surface area contributed by atoms with Crippen molar-refractivity contribution < 1.29 is 4.79 Å². The lowest BCUT2D eigenvalue weighted by Crippen LogP contribution is -2.49. The summed E-state index contributed by atoms with van der Waals surface area (Å²) in [6.07, 6.45) is 7.70. The highest BCUT2D eigenvalue weighted by Crippen LogP contribution is 2.51. The van der Waals surface area contributed by atoms with Crippen LogP contribution in [0.4, 0.5) is 11.4 Å². The first-order valence-corrected chi connectivity index (χ1v) is 11.5. The second kappa shape index (κ2) is 7.81. The minimum absolute atomic E-state index is 0.00784. The highest BCUT2D eigenvalue weighted by molar-refractivity contribution is 6.00. The molecule has 0 bridgehead atoms. The van der Waals surface area contributed by atoms with Crippen LogP contribution in [-0.2, 0) is 10.3 Å². The van der Waals surface area contributed by atoms with E-state index in [9.17, 15) is 4.79 Å². The zero-order valence-corrected chi connectivity index (χ0v) is 19.1. The Morgan fingerprint density at radius 3 is 2.79 bits per heavy atom. The summed E-state index contributed by atoms with van der Waals surface area (Å²) in [5.41, 5.74) is 6.02. The fourth-order valence-electron chi connectivity index (χ4n) is 5.37. The summed E-state index contributed by atoms with van der Waals surface area (Å²) >= 11 is 0. The summed E-state index contributed by atoms with van der Waals surface area (Å²) in [6.45, 7) is 4.57. The molecule has 3 atom stereocenters. The van der Waals surface area contributed by atoms with Gasteiger partial charge in [-0.15, -0.1) is 0 Å². The number of nitrogens with one attached hydrogen (secondary N) is 3. The van der Waals surface area contributed by atoms with Crippen LogP contribution in [0.2, 0.25) is 0 Å². The molecule has 6 rings (SSSR count). The maximum Gasteiger partial charge on any atom is 0.253 e. The van der Waals surface area contributed by atoms with Crippen LogP contribution in [0.25, 0.3) is 0 Å². The molecule has 1 saturated heterocycles. The molecule has 34 heavy (non-hydrogen) atoms. The molecule has 0 radical (unpaired) electrons. The number of rotatable bonds is 4. The summed E-state index contributed by atoms with van der Waals surface area (Å²) in [7, 11) is 0. The van der Waals surface area contributed by atoms with Gasteiger partial charge in [0.15, 0.2) is 0 Å². The van der Waals surface area contributed by atoms with E-state index >= 15 is 0 Å². The Bertz CT molecular complexity index is 1330. The van der Waals surface area contributed by atoms with Crippen LogP contribution in [-0.4, -0.2) is 28.6 Å². The molecule has 3 unspecified atom stereocenters. The Morgan fingerprint density at radius 1 is 1.15 bits per heavy atom. The van der Waals surface area contributed by atoms with Crippen LogP contribution in [0.15, 0.2) is 90.4 Å². The molecule has 1 aliphatic carbocycles. The second-order valence-electron chi connectivity index (χ2n) is 8.98. The van der Waals surface area contributed by atoms with Gasteiger partial charge in [-0.2, -0.15) is 0 Å². The van der Waals surface area contributed by atoms with Gasteiger partial charge in [0.05, 0.1) is 35.7 Å². The van der Waals surface area contributed by atoms with Crippen molar-refractivity contribution in [2.24, 2.45) is 0 Å². The minimum atomic E-state index is -0.536. The van der Waals surface area contributed by atoms with Gasteiger partial charge in [0.1, 0.15) is 5.54 Å². The van der Waals surface area contributed by atoms with E-state index in [-0.39, 0.29) is 18.0 Å². The smallest absolute Gasteiger partial charge is 0.253 e. The fraction of sp³-hybridized carbons (Fsp3) is 0.222. The lowest BCUT2D eigenvalue weighted by Gasteiger charge is -2.37. The average molecular weight is 451 g/mol. The number of hydrogen-bond acceptors (Lipinski definition) is 6. The van der Waals surface area contributed by atoms with E-state index < -0.39 is 5.54 Å². The summed E-state index contributed by atoms with van der Waals surface area (Å²) < 4.78 is 0. The number of carbonyl (C=O) groups excluding carboxylic acids is 1. The van der Waals surface area contributed by atoms with Crippen LogP contribution in [0, 0.1) is 6.92 Å². The van der Waals surface area contributed by atoms with Gasteiger partial charge in [-0.25, -0.2) is 0 Å². The van der Waals surface area contributed by atoms with Gasteiger partial charge < -0.3 is 15.5 Å². The van der Waals surface area contributed by atoms with E-state index in [1.807, 2.05) is 68.7 Å². The van der Waals surface area contributed by atoms with E-state index in [4.69, 9.17) is 0 Å². The van der Waals surface area contributed by atoms with Crippen molar-refractivity contribution in [2.45, 2.75) is 31.5 Å². The van der Waals surface area contributed by atoms with Gasteiger partial charge in [-0.1, -0.05) is 30.3 Å². The standard InChI is InChI=1S/C27H26N6O/c1-17-6-5-9-22(30-17)18(2)31-26(34)20-10-11-24-27(21-7-3-4-8-23(21)32-25(20)27)29-16-33(24)19-12-14-28-15-13-19/h3-15,18,24,29,32H,16H2,1-2H3,(H,31,34). The quantitative estimate of drug-likeness (QED) is 0.564. The Hall–Kier alpha value is -3.97. The number of nitrogens with zero attached hydrogens (tertiary/aromatic N) is 3. The van der Waals surface area contributed by atoms with Crippen LogP contribution in [0.5, 0.6) is 0 Å². The molecule has 170 valence electrons. The van der Waals surface area contributed by atoms with Gasteiger partial charge in [-0.05, 0) is 50.3 Å². The average Bonchev–Trinajstić information content (AvgIpc) is 3.41.